The van der Waals surface area contributed by atoms with Crippen LogP contribution in [0.15, 0.2) is 48.5 Å². The van der Waals surface area contributed by atoms with E-state index in [0.29, 0.717) is 18.2 Å². The number of nitrogens with one attached hydrogen (secondary N) is 1. The quantitative estimate of drug-likeness (QED) is 0.594. The molecule has 2 aromatic carbocycles. The van der Waals surface area contributed by atoms with E-state index >= 15 is 0 Å². The lowest BCUT2D eigenvalue weighted by Gasteiger charge is -2.29. The second kappa shape index (κ2) is 11.5. The molecule has 2 rings (SSSR count). The first-order valence-corrected chi connectivity index (χ1v) is 11.1. The highest BCUT2D eigenvalue weighted by Crippen LogP contribution is 2.19. The van der Waals surface area contributed by atoms with E-state index in [2.05, 4.69) is 19.2 Å². The number of nitrogens with zero attached hydrogens (tertiary/aromatic N) is 1. The summed E-state index contributed by atoms with van der Waals surface area (Å²) < 4.78 is 5.75. The van der Waals surface area contributed by atoms with Crippen molar-refractivity contribution in [2.24, 2.45) is 0 Å². The summed E-state index contributed by atoms with van der Waals surface area (Å²) in [6.07, 6.45) is 0.833. The first kappa shape index (κ1) is 24.4. The van der Waals surface area contributed by atoms with Gasteiger partial charge in [-0.15, -0.1) is 0 Å². The van der Waals surface area contributed by atoms with E-state index in [4.69, 9.17) is 4.74 Å². The third kappa shape index (κ3) is 7.42. The summed E-state index contributed by atoms with van der Waals surface area (Å²) in [7, 11) is 0. The van der Waals surface area contributed by atoms with E-state index in [1.807, 2.05) is 69.3 Å². The van der Waals surface area contributed by atoms with E-state index in [0.717, 1.165) is 17.5 Å². The molecule has 0 saturated carbocycles. The molecule has 5 heteroatoms. The summed E-state index contributed by atoms with van der Waals surface area (Å²) in [6, 6.07) is 15.2. The fraction of sp³-hybridized carbons (Fsp3) is 0.462. The van der Waals surface area contributed by atoms with Crippen molar-refractivity contribution in [3.63, 3.8) is 0 Å². The van der Waals surface area contributed by atoms with Gasteiger partial charge in [0.05, 0.1) is 0 Å². The summed E-state index contributed by atoms with van der Waals surface area (Å²) in [4.78, 5) is 27.4. The van der Waals surface area contributed by atoms with E-state index in [-0.39, 0.29) is 24.5 Å². The Morgan fingerprint density at radius 3 is 2.13 bits per heavy atom. The summed E-state index contributed by atoms with van der Waals surface area (Å²) in [5.41, 5.74) is 3.34. The number of hydrogen-bond acceptors (Lipinski definition) is 3. The minimum absolute atomic E-state index is 0.0574. The number of aryl methyl sites for hydroxylation is 1. The van der Waals surface area contributed by atoms with Crippen molar-refractivity contribution in [3.8, 4) is 5.75 Å². The van der Waals surface area contributed by atoms with Crippen molar-refractivity contribution < 1.29 is 14.3 Å². The van der Waals surface area contributed by atoms with E-state index in [9.17, 15) is 9.59 Å². The van der Waals surface area contributed by atoms with Crippen LogP contribution in [-0.2, 0) is 16.1 Å². The van der Waals surface area contributed by atoms with Crippen molar-refractivity contribution in [1.29, 1.82) is 0 Å². The Bertz CT molecular complexity index is 844. The second-order valence-electron chi connectivity index (χ2n) is 8.51. The van der Waals surface area contributed by atoms with Crippen LogP contribution in [-0.4, -0.2) is 35.4 Å². The number of benzene rings is 2. The molecular formula is C26H36N2O3. The molecular weight excluding hydrogens is 388 g/mol. The van der Waals surface area contributed by atoms with Crippen molar-refractivity contribution in [3.05, 3.63) is 65.2 Å². The number of rotatable bonds is 10. The molecule has 0 aliphatic carbocycles. The molecule has 2 unspecified atom stereocenters. The zero-order chi connectivity index (χ0) is 23.0. The predicted octanol–water partition coefficient (Wildman–Crippen LogP) is 4.83. The van der Waals surface area contributed by atoms with Crippen LogP contribution in [0.2, 0.25) is 0 Å². The van der Waals surface area contributed by atoms with Crippen LogP contribution in [0.5, 0.6) is 5.75 Å². The van der Waals surface area contributed by atoms with Crippen LogP contribution in [0.4, 0.5) is 0 Å². The zero-order valence-electron chi connectivity index (χ0n) is 19.6. The molecule has 0 aliphatic rings. The fourth-order valence-corrected chi connectivity index (χ4v) is 3.12. The normalized spacial score (nSPS) is 12.9. The minimum atomic E-state index is -0.602. The molecule has 31 heavy (non-hydrogen) atoms. The highest BCUT2D eigenvalue weighted by atomic mass is 16.5. The first-order chi connectivity index (χ1) is 14.7. The van der Waals surface area contributed by atoms with Crippen LogP contribution < -0.4 is 10.1 Å². The minimum Gasteiger partial charge on any atom is -0.484 e. The molecule has 0 spiro atoms. The van der Waals surface area contributed by atoms with Crippen molar-refractivity contribution in [2.45, 2.75) is 72.5 Å². The van der Waals surface area contributed by atoms with E-state index < -0.39 is 6.04 Å². The molecule has 1 N–H and O–H groups in total. The van der Waals surface area contributed by atoms with Gasteiger partial charge in [-0.1, -0.05) is 62.7 Å². The van der Waals surface area contributed by atoms with Gasteiger partial charge in [-0.25, -0.2) is 0 Å². The van der Waals surface area contributed by atoms with Gasteiger partial charge in [0, 0.05) is 12.6 Å². The third-order valence-corrected chi connectivity index (χ3v) is 5.55. The standard InChI is InChI=1S/C26H36N2O3/c1-7-20(5)27-26(30)21(6)28(16-22-10-8-19(4)9-11-22)25(29)17-31-24-14-12-23(13-15-24)18(2)3/h8-15,18,20-21H,7,16-17H2,1-6H3,(H,27,30). The molecule has 0 saturated heterocycles. The Morgan fingerprint density at radius 1 is 0.968 bits per heavy atom. The smallest absolute Gasteiger partial charge is 0.261 e. The molecule has 0 heterocycles. The number of carbonyl (C=O) groups is 2. The van der Waals surface area contributed by atoms with Gasteiger partial charge >= 0.3 is 0 Å². The molecule has 0 aliphatic heterocycles. The highest BCUT2D eigenvalue weighted by Gasteiger charge is 2.27. The van der Waals surface area contributed by atoms with Crippen molar-refractivity contribution in [1.82, 2.24) is 10.2 Å². The maximum Gasteiger partial charge on any atom is 0.261 e. The second-order valence-corrected chi connectivity index (χ2v) is 8.51. The monoisotopic (exact) mass is 424 g/mol. The summed E-state index contributed by atoms with van der Waals surface area (Å²) in [5, 5.41) is 2.98. The molecule has 5 nitrogen and oxygen atoms in total. The van der Waals surface area contributed by atoms with Gasteiger partial charge in [0.2, 0.25) is 5.91 Å². The average Bonchev–Trinajstić information content (AvgIpc) is 2.76. The van der Waals surface area contributed by atoms with Gasteiger partial charge in [-0.3, -0.25) is 9.59 Å². The highest BCUT2D eigenvalue weighted by molar-refractivity contribution is 5.88. The lowest BCUT2D eigenvalue weighted by molar-refractivity contribution is -0.142. The van der Waals surface area contributed by atoms with Crippen molar-refractivity contribution in [2.75, 3.05) is 6.61 Å². The fourth-order valence-electron chi connectivity index (χ4n) is 3.12. The third-order valence-electron chi connectivity index (χ3n) is 5.55. The Hall–Kier alpha value is -2.82. The Labute approximate surface area is 186 Å². The zero-order valence-corrected chi connectivity index (χ0v) is 19.6. The molecule has 0 aromatic heterocycles. The maximum atomic E-state index is 13.1. The lowest BCUT2D eigenvalue weighted by atomic mass is 10.0. The number of amides is 2. The summed E-state index contributed by atoms with van der Waals surface area (Å²) in [6.45, 7) is 12.3. The SMILES string of the molecule is CCC(C)NC(=O)C(C)N(Cc1ccc(C)cc1)C(=O)COc1ccc(C(C)C)cc1. The van der Waals surface area contributed by atoms with Gasteiger partial charge in [-0.2, -0.15) is 0 Å². The average molecular weight is 425 g/mol. The van der Waals surface area contributed by atoms with Crippen LogP contribution in [0.1, 0.15) is 63.6 Å². The van der Waals surface area contributed by atoms with E-state index in [1.54, 1.807) is 11.8 Å². The van der Waals surface area contributed by atoms with Crippen molar-refractivity contribution >= 4 is 11.8 Å². The van der Waals surface area contributed by atoms with Crippen LogP contribution in [0, 0.1) is 6.92 Å². The molecule has 0 radical (unpaired) electrons. The Balaban J connectivity index is 2.12. The first-order valence-electron chi connectivity index (χ1n) is 11.1. The molecule has 0 fully saturated rings. The topological polar surface area (TPSA) is 58.6 Å². The number of hydrogen-bond donors (Lipinski definition) is 1. The Morgan fingerprint density at radius 2 is 1.58 bits per heavy atom. The van der Waals surface area contributed by atoms with Gasteiger partial charge < -0.3 is 15.0 Å². The number of carbonyl (C=O) groups excluding carboxylic acids is 2. The predicted molar refractivity (Wildman–Crippen MR) is 125 cm³/mol. The molecule has 2 aromatic rings. The van der Waals surface area contributed by atoms with Gasteiger partial charge in [-0.05, 0) is 56.4 Å². The largest absolute Gasteiger partial charge is 0.484 e. The molecule has 168 valence electrons. The summed E-state index contributed by atoms with van der Waals surface area (Å²) >= 11 is 0. The van der Waals surface area contributed by atoms with Gasteiger partial charge in [0.25, 0.3) is 5.91 Å². The van der Waals surface area contributed by atoms with E-state index in [1.165, 1.54) is 5.56 Å². The maximum absolute atomic E-state index is 13.1. The van der Waals surface area contributed by atoms with Crippen LogP contribution in [0.3, 0.4) is 0 Å². The van der Waals surface area contributed by atoms with Gasteiger partial charge in [0.15, 0.2) is 6.61 Å². The van der Waals surface area contributed by atoms with Crippen LogP contribution >= 0.6 is 0 Å². The lowest BCUT2D eigenvalue weighted by Crippen LogP contribution is -2.50. The Kier molecular flexibility index (Phi) is 9.10. The van der Waals surface area contributed by atoms with Crippen LogP contribution in [0.25, 0.3) is 0 Å². The molecule has 2 amide bonds. The summed E-state index contributed by atoms with van der Waals surface area (Å²) in [5.74, 6) is 0.701. The number of ether oxygens (including phenoxy) is 1. The molecule has 2 atom stereocenters. The van der Waals surface area contributed by atoms with Gasteiger partial charge in [0.1, 0.15) is 11.8 Å². The molecule has 0 bridgehead atoms.